The fraction of sp³-hybridized carbons (Fsp3) is 0.519. The smallest absolute Gasteiger partial charge is 0.267 e. The molecule has 0 aromatic heterocycles. The molecule has 0 spiro atoms. The van der Waals surface area contributed by atoms with Gasteiger partial charge < -0.3 is 14.2 Å². The highest BCUT2D eigenvalue weighted by molar-refractivity contribution is 7.89. The van der Waals surface area contributed by atoms with E-state index in [9.17, 15) is 17.6 Å². The molecule has 10 heteroatoms. The lowest BCUT2D eigenvalue weighted by molar-refractivity contribution is 0.0826. The second kappa shape index (κ2) is 11.7. The fourth-order valence-corrected chi connectivity index (χ4v) is 5.12. The Morgan fingerprint density at radius 2 is 1.84 bits per heavy atom. The minimum atomic E-state index is -3.80. The van der Waals surface area contributed by atoms with Gasteiger partial charge in [0.25, 0.3) is 5.91 Å². The molecule has 1 N–H and O–H groups in total. The molecule has 1 atom stereocenters. The number of carbonyl (C=O) groups is 1. The zero-order valence-corrected chi connectivity index (χ0v) is 22.4. The third-order valence-electron chi connectivity index (χ3n) is 6.44. The summed E-state index contributed by atoms with van der Waals surface area (Å²) in [5.41, 5.74) is 1.53. The van der Waals surface area contributed by atoms with Gasteiger partial charge in [0, 0.05) is 30.8 Å². The van der Waals surface area contributed by atoms with Crippen LogP contribution in [0.5, 0.6) is 17.2 Å². The maximum Gasteiger partial charge on any atom is 0.267 e. The number of rotatable bonds is 11. The van der Waals surface area contributed by atoms with E-state index in [1.54, 1.807) is 0 Å². The Kier molecular flexibility index (Phi) is 8.59. The highest BCUT2D eigenvalue weighted by Crippen LogP contribution is 2.45. The minimum absolute atomic E-state index is 0.139. The summed E-state index contributed by atoms with van der Waals surface area (Å²) in [6, 6.07) is 8.57. The molecular weight excluding hydrogens is 499 g/mol. The minimum Gasteiger partial charge on any atom is -0.494 e. The van der Waals surface area contributed by atoms with Crippen LogP contribution in [0.25, 0.3) is 0 Å². The van der Waals surface area contributed by atoms with Crippen LogP contribution in [0, 0.1) is 5.82 Å². The number of hydrogen-bond donors (Lipinski definition) is 1. The summed E-state index contributed by atoms with van der Waals surface area (Å²) in [4.78, 5) is 14.6. The van der Waals surface area contributed by atoms with E-state index in [2.05, 4.69) is 4.90 Å². The largest absolute Gasteiger partial charge is 0.494 e. The monoisotopic (exact) mass is 534 g/mol. The topological polar surface area (TPSA) is 94.2 Å². The molecular formula is C27H35FN2O6S. The first kappa shape index (κ1) is 27.2. The normalized spacial score (nSPS) is 18.3. The number of benzene rings is 2. The first-order chi connectivity index (χ1) is 17.7. The van der Waals surface area contributed by atoms with Crippen LogP contribution in [0.3, 0.4) is 0 Å². The molecule has 2 aliphatic rings. The lowest BCUT2D eigenvalue weighted by Gasteiger charge is -2.33. The van der Waals surface area contributed by atoms with Gasteiger partial charge in [-0.05, 0) is 69.7 Å². The molecule has 202 valence electrons. The van der Waals surface area contributed by atoms with Crippen LogP contribution in [0.15, 0.2) is 30.3 Å². The average Bonchev–Trinajstić information content (AvgIpc) is 3.66. The van der Waals surface area contributed by atoms with Gasteiger partial charge >= 0.3 is 0 Å². The van der Waals surface area contributed by atoms with Crippen molar-refractivity contribution in [3.8, 4) is 17.2 Å². The third kappa shape index (κ3) is 7.35. The molecule has 8 nitrogen and oxygen atoms in total. The van der Waals surface area contributed by atoms with Gasteiger partial charge in [-0.1, -0.05) is 6.07 Å². The van der Waals surface area contributed by atoms with Crippen molar-refractivity contribution in [3.63, 3.8) is 0 Å². The van der Waals surface area contributed by atoms with Gasteiger partial charge in [-0.15, -0.1) is 0 Å². The summed E-state index contributed by atoms with van der Waals surface area (Å²) in [5, 5.41) is 0. The molecule has 1 amide bonds. The number of hydrogen-bond acceptors (Lipinski definition) is 7. The Morgan fingerprint density at radius 3 is 2.51 bits per heavy atom. The van der Waals surface area contributed by atoms with Gasteiger partial charge in [-0.3, -0.25) is 9.69 Å². The molecule has 37 heavy (non-hydrogen) atoms. The molecule has 2 fully saturated rings. The zero-order valence-electron chi connectivity index (χ0n) is 21.6. The van der Waals surface area contributed by atoms with Crippen molar-refractivity contribution in [2.45, 2.75) is 58.1 Å². The van der Waals surface area contributed by atoms with Crippen molar-refractivity contribution in [1.29, 1.82) is 0 Å². The quantitative estimate of drug-likeness (QED) is 0.461. The summed E-state index contributed by atoms with van der Waals surface area (Å²) >= 11 is 0. The number of ether oxygens (including phenoxy) is 3. The van der Waals surface area contributed by atoms with Gasteiger partial charge in [0.15, 0.2) is 0 Å². The van der Waals surface area contributed by atoms with E-state index in [1.807, 2.05) is 36.8 Å². The van der Waals surface area contributed by atoms with E-state index in [4.69, 9.17) is 14.2 Å². The van der Waals surface area contributed by atoms with E-state index in [0.29, 0.717) is 32.1 Å². The Bertz CT molecular complexity index is 1230. The SMILES string of the molecule is CCOc1ccc(CN2CCC[C@@H](Oc3cc(F)c(C(=O)NS(C)(=O)=O)cc3C3CC3)C2)c(OCC)c1. The molecule has 2 aromatic carbocycles. The number of piperidine rings is 1. The molecule has 0 radical (unpaired) electrons. The lowest BCUT2D eigenvalue weighted by Crippen LogP contribution is -2.40. The van der Waals surface area contributed by atoms with E-state index in [-0.39, 0.29) is 17.6 Å². The molecule has 1 saturated carbocycles. The number of likely N-dealkylation sites (tertiary alicyclic amines) is 1. The fourth-order valence-electron chi connectivity index (χ4n) is 4.67. The predicted molar refractivity (Wildman–Crippen MR) is 138 cm³/mol. The summed E-state index contributed by atoms with van der Waals surface area (Å²) in [7, 11) is -3.80. The lowest BCUT2D eigenvalue weighted by atomic mass is 10.0. The summed E-state index contributed by atoms with van der Waals surface area (Å²) < 4.78 is 57.4. The van der Waals surface area contributed by atoms with Crippen LogP contribution in [0.1, 0.15) is 66.9 Å². The number of halogens is 1. The van der Waals surface area contributed by atoms with E-state index in [1.165, 1.54) is 12.1 Å². The Labute approximate surface area is 218 Å². The number of nitrogens with one attached hydrogen (secondary N) is 1. The summed E-state index contributed by atoms with van der Waals surface area (Å²) in [6.45, 7) is 7.31. The summed E-state index contributed by atoms with van der Waals surface area (Å²) in [5.74, 6) is 0.411. The Hall–Kier alpha value is -2.85. The maximum atomic E-state index is 14.9. The van der Waals surface area contributed by atoms with Crippen LogP contribution < -0.4 is 18.9 Å². The van der Waals surface area contributed by atoms with Crippen molar-refractivity contribution in [2.24, 2.45) is 0 Å². The Morgan fingerprint density at radius 1 is 1.08 bits per heavy atom. The Balaban J connectivity index is 1.48. The van der Waals surface area contributed by atoms with Crippen LogP contribution >= 0.6 is 0 Å². The van der Waals surface area contributed by atoms with Crippen molar-refractivity contribution in [3.05, 3.63) is 52.8 Å². The molecule has 4 rings (SSSR count). The predicted octanol–water partition coefficient (Wildman–Crippen LogP) is 4.23. The molecule has 1 saturated heterocycles. The molecule has 1 heterocycles. The van der Waals surface area contributed by atoms with E-state index < -0.39 is 21.7 Å². The number of amides is 1. The second-order valence-corrected chi connectivity index (χ2v) is 11.3. The second-order valence-electron chi connectivity index (χ2n) is 9.60. The van der Waals surface area contributed by atoms with Crippen LogP contribution in [0.2, 0.25) is 0 Å². The van der Waals surface area contributed by atoms with Gasteiger partial charge in [-0.25, -0.2) is 17.5 Å². The standard InChI is InChI=1S/C27H35FN2O6S/c1-4-34-20-11-10-19(25(13-20)35-5-2)16-30-12-6-7-21(17-30)36-26-15-24(28)23(14-22(26)18-8-9-18)27(31)29-37(3,32)33/h10-11,13-15,18,21H,4-9,12,16-17H2,1-3H3,(H,29,31)/t21-/m1/s1. The molecule has 1 aliphatic carbocycles. The molecule has 0 unspecified atom stereocenters. The van der Waals surface area contributed by atoms with Gasteiger partial charge in [-0.2, -0.15) is 0 Å². The molecule has 0 bridgehead atoms. The van der Waals surface area contributed by atoms with Crippen LogP contribution in [-0.2, 0) is 16.6 Å². The average molecular weight is 535 g/mol. The van der Waals surface area contributed by atoms with Gasteiger partial charge in [0.2, 0.25) is 10.0 Å². The molecule has 2 aromatic rings. The van der Waals surface area contributed by atoms with Crippen molar-refractivity contribution < 1.29 is 31.8 Å². The number of sulfonamides is 1. The van der Waals surface area contributed by atoms with E-state index >= 15 is 0 Å². The molecule has 1 aliphatic heterocycles. The first-order valence-corrected chi connectivity index (χ1v) is 14.7. The summed E-state index contributed by atoms with van der Waals surface area (Å²) in [6.07, 6.45) is 4.33. The number of carbonyl (C=O) groups excluding carboxylic acids is 1. The first-order valence-electron chi connectivity index (χ1n) is 12.8. The number of nitrogens with zero attached hydrogens (tertiary/aromatic N) is 1. The zero-order chi connectivity index (χ0) is 26.6. The van der Waals surface area contributed by atoms with Crippen molar-refractivity contribution >= 4 is 15.9 Å². The highest BCUT2D eigenvalue weighted by Gasteiger charge is 2.31. The third-order valence-corrected chi connectivity index (χ3v) is 6.99. The van der Waals surface area contributed by atoms with Gasteiger partial charge in [0.05, 0.1) is 25.0 Å². The highest BCUT2D eigenvalue weighted by atomic mass is 32.2. The van der Waals surface area contributed by atoms with Crippen LogP contribution in [-0.4, -0.2) is 57.9 Å². The van der Waals surface area contributed by atoms with Crippen molar-refractivity contribution in [2.75, 3.05) is 32.6 Å². The van der Waals surface area contributed by atoms with Gasteiger partial charge in [0.1, 0.15) is 29.2 Å². The van der Waals surface area contributed by atoms with E-state index in [0.717, 1.165) is 61.1 Å². The van der Waals surface area contributed by atoms with Crippen LogP contribution in [0.4, 0.5) is 4.39 Å². The maximum absolute atomic E-state index is 14.9. The van der Waals surface area contributed by atoms with Crippen molar-refractivity contribution in [1.82, 2.24) is 9.62 Å².